The van der Waals surface area contributed by atoms with Gasteiger partial charge in [0.2, 0.25) is 0 Å². The fraction of sp³-hybridized carbons (Fsp3) is 0.625. The van der Waals surface area contributed by atoms with E-state index in [1.54, 1.807) is 0 Å². The van der Waals surface area contributed by atoms with E-state index in [0.29, 0.717) is 11.8 Å². The molecule has 89 valence electrons. The van der Waals surface area contributed by atoms with Crippen molar-refractivity contribution in [3.63, 3.8) is 0 Å². The molecular weight excluding hydrogens is 192 g/mol. The van der Waals surface area contributed by atoms with Crippen molar-refractivity contribution in [2.24, 2.45) is 0 Å². The first-order valence-electron chi connectivity index (χ1n) is 6.29. The Morgan fingerprint density at radius 1 is 0.938 bits per heavy atom. The molecule has 0 bridgehead atoms. The maximum atomic E-state index is 3.58. The second-order valence-electron chi connectivity index (χ2n) is 6.34. The molecule has 0 unspecified atom stereocenters. The molecule has 0 nitrogen and oxygen atoms in total. The minimum Gasteiger partial charge on any atom is -0.0587 e. The molecule has 1 aromatic rings. The number of hydrogen-bond donors (Lipinski definition) is 0. The van der Waals surface area contributed by atoms with E-state index in [4.69, 9.17) is 0 Å². The number of rotatable bonds is 2. The Morgan fingerprint density at radius 3 is 1.88 bits per heavy atom. The fourth-order valence-electron chi connectivity index (χ4n) is 1.66. The highest BCUT2D eigenvalue weighted by atomic mass is 14.2. The number of hydrogen-bond acceptors (Lipinski definition) is 0. The molecule has 0 aliphatic rings. The van der Waals surface area contributed by atoms with Crippen molar-refractivity contribution in [1.82, 2.24) is 0 Å². The third-order valence-electron chi connectivity index (χ3n) is 3.01. The third kappa shape index (κ3) is 3.10. The van der Waals surface area contributed by atoms with Crippen LogP contribution in [-0.2, 0) is 5.41 Å². The largest absolute Gasteiger partial charge is 0.0587 e. The highest BCUT2D eigenvalue weighted by Gasteiger charge is 2.17. The highest BCUT2D eigenvalue weighted by molar-refractivity contribution is 5.35. The molecule has 0 atom stereocenters. The lowest BCUT2D eigenvalue weighted by Crippen LogP contribution is -2.13. The Bertz CT molecular complexity index is 325. The zero-order valence-corrected chi connectivity index (χ0v) is 11.8. The summed E-state index contributed by atoms with van der Waals surface area (Å²) in [5, 5.41) is 0. The predicted molar refractivity (Wildman–Crippen MR) is 72.2 cm³/mol. The Kier molecular flexibility index (Phi) is 3.83. The van der Waals surface area contributed by atoms with E-state index in [-0.39, 0.29) is 5.41 Å². The van der Waals surface area contributed by atoms with Crippen molar-refractivity contribution in [2.45, 2.75) is 65.7 Å². The van der Waals surface area contributed by atoms with Crippen LogP contribution < -0.4 is 0 Å². The second-order valence-corrected chi connectivity index (χ2v) is 6.34. The smallest absolute Gasteiger partial charge is 0.0106 e. The van der Waals surface area contributed by atoms with Crippen LogP contribution >= 0.6 is 0 Å². The topological polar surface area (TPSA) is 0 Å². The summed E-state index contributed by atoms with van der Waals surface area (Å²) in [5.41, 5.74) is 4.31. The maximum absolute atomic E-state index is 3.58. The van der Waals surface area contributed by atoms with Crippen LogP contribution in [0.3, 0.4) is 0 Å². The molecule has 0 fully saturated rings. The first-order chi connectivity index (χ1) is 7.21. The van der Waals surface area contributed by atoms with Crippen LogP contribution in [0, 0.1) is 6.07 Å². The second kappa shape index (κ2) is 4.61. The molecule has 1 rings (SSSR count). The summed E-state index contributed by atoms with van der Waals surface area (Å²) in [6, 6.07) is 8.21. The van der Waals surface area contributed by atoms with Gasteiger partial charge >= 0.3 is 0 Å². The normalized spacial score (nSPS) is 12.6. The van der Waals surface area contributed by atoms with Crippen molar-refractivity contribution >= 4 is 0 Å². The molecule has 0 N–H and O–H groups in total. The van der Waals surface area contributed by atoms with E-state index in [1.165, 1.54) is 16.7 Å². The Morgan fingerprint density at radius 2 is 1.50 bits per heavy atom. The van der Waals surface area contributed by atoms with Gasteiger partial charge in [-0.15, -0.1) is 0 Å². The van der Waals surface area contributed by atoms with E-state index >= 15 is 0 Å². The van der Waals surface area contributed by atoms with Gasteiger partial charge in [-0.1, -0.05) is 60.6 Å². The quantitative estimate of drug-likeness (QED) is 0.651. The van der Waals surface area contributed by atoms with Crippen LogP contribution in [0.15, 0.2) is 12.1 Å². The zero-order valence-electron chi connectivity index (χ0n) is 11.8. The molecule has 0 saturated carbocycles. The van der Waals surface area contributed by atoms with Crippen molar-refractivity contribution in [2.75, 3.05) is 0 Å². The van der Waals surface area contributed by atoms with Gasteiger partial charge in [0.1, 0.15) is 0 Å². The standard InChI is InChI=1S/C16H25/c1-11(2)13-8-14(12(3)4)10-15(9-13)16(5,6)7/h8-9,11-12H,1-7H3. The lowest BCUT2D eigenvalue weighted by molar-refractivity contribution is 0.585. The van der Waals surface area contributed by atoms with Crippen molar-refractivity contribution in [3.05, 3.63) is 34.9 Å². The Labute approximate surface area is 101 Å². The molecule has 1 radical (unpaired) electrons. The van der Waals surface area contributed by atoms with Crippen LogP contribution in [0.4, 0.5) is 0 Å². The predicted octanol–water partition coefficient (Wildman–Crippen LogP) is 5.03. The first kappa shape index (κ1) is 13.3. The Hall–Kier alpha value is -0.780. The molecule has 0 aromatic heterocycles. The van der Waals surface area contributed by atoms with Gasteiger partial charge in [-0.05, 0) is 40.0 Å². The molecule has 0 aliphatic carbocycles. The molecule has 0 saturated heterocycles. The molecule has 0 heterocycles. The fourth-order valence-corrected chi connectivity index (χ4v) is 1.66. The van der Waals surface area contributed by atoms with E-state index in [9.17, 15) is 0 Å². The van der Waals surface area contributed by atoms with E-state index < -0.39 is 0 Å². The van der Waals surface area contributed by atoms with Crippen molar-refractivity contribution in [1.29, 1.82) is 0 Å². The van der Waals surface area contributed by atoms with E-state index in [2.05, 4.69) is 66.7 Å². The molecule has 16 heavy (non-hydrogen) atoms. The molecule has 0 spiro atoms. The van der Waals surface area contributed by atoms with Crippen LogP contribution in [0.1, 0.15) is 77.0 Å². The van der Waals surface area contributed by atoms with E-state index in [1.807, 2.05) is 0 Å². The van der Waals surface area contributed by atoms with Crippen LogP contribution in [-0.4, -0.2) is 0 Å². The summed E-state index contributed by atoms with van der Waals surface area (Å²) in [4.78, 5) is 0. The molecular formula is C16H25. The monoisotopic (exact) mass is 217 g/mol. The van der Waals surface area contributed by atoms with E-state index in [0.717, 1.165) is 0 Å². The minimum atomic E-state index is 0.189. The summed E-state index contributed by atoms with van der Waals surface area (Å²) in [5.74, 6) is 1.15. The van der Waals surface area contributed by atoms with Gasteiger partial charge in [-0.25, -0.2) is 0 Å². The number of benzene rings is 1. The van der Waals surface area contributed by atoms with Crippen LogP contribution in [0.2, 0.25) is 0 Å². The summed E-state index contributed by atoms with van der Waals surface area (Å²) >= 11 is 0. The van der Waals surface area contributed by atoms with Gasteiger partial charge in [0.05, 0.1) is 0 Å². The summed E-state index contributed by atoms with van der Waals surface area (Å²) < 4.78 is 0. The average Bonchev–Trinajstić information content (AvgIpc) is 2.15. The maximum Gasteiger partial charge on any atom is -0.0106 e. The van der Waals surface area contributed by atoms with Gasteiger partial charge in [0, 0.05) is 0 Å². The Balaban J connectivity index is 3.30. The van der Waals surface area contributed by atoms with Crippen LogP contribution in [0.5, 0.6) is 0 Å². The zero-order chi connectivity index (χ0) is 12.5. The summed E-state index contributed by atoms with van der Waals surface area (Å²) in [6.07, 6.45) is 0. The lowest BCUT2D eigenvalue weighted by atomic mass is 9.82. The molecule has 1 aromatic carbocycles. The average molecular weight is 217 g/mol. The van der Waals surface area contributed by atoms with Crippen molar-refractivity contribution < 1.29 is 0 Å². The van der Waals surface area contributed by atoms with Gasteiger partial charge in [-0.2, -0.15) is 0 Å². The molecule has 0 heteroatoms. The summed E-state index contributed by atoms with van der Waals surface area (Å²) in [7, 11) is 0. The van der Waals surface area contributed by atoms with Crippen molar-refractivity contribution in [3.8, 4) is 0 Å². The third-order valence-corrected chi connectivity index (χ3v) is 3.01. The van der Waals surface area contributed by atoms with Gasteiger partial charge in [-0.3, -0.25) is 0 Å². The van der Waals surface area contributed by atoms with Gasteiger partial charge < -0.3 is 0 Å². The SMILES string of the molecule is CC(C)c1[c]c(C(C)(C)C)cc(C(C)C)c1. The van der Waals surface area contributed by atoms with Gasteiger partial charge in [0.15, 0.2) is 0 Å². The van der Waals surface area contributed by atoms with Crippen LogP contribution in [0.25, 0.3) is 0 Å². The lowest BCUT2D eigenvalue weighted by Gasteiger charge is -2.22. The minimum absolute atomic E-state index is 0.189. The first-order valence-corrected chi connectivity index (χ1v) is 6.29. The summed E-state index contributed by atoms with van der Waals surface area (Å²) in [6.45, 7) is 15.8. The molecule has 0 amide bonds. The molecule has 0 aliphatic heterocycles. The van der Waals surface area contributed by atoms with Gasteiger partial charge in [0.25, 0.3) is 0 Å². The highest BCUT2D eigenvalue weighted by Crippen LogP contribution is 2.29.